The molecule has 0 spiro atoms. The Morgan fingerprint density at radius 2 is 2.05 bits per heavy atom. The summed E-state index contributed by atoms with van der Waals surface area (Å²) in [6.45, 7) is 4.60. The molecule has 0 radical (unpaired) electrons. The average Bonchev–Trinajstić information content (AvgIpc) is 2.56. The zero-order valence-corrected chi connectivity index (χ0v) is 15.0. The Labute approximate surface area is 141 Å². The van der Waals surface area contributed by atoms with Gasteiger partial charge in [-0.3, -0.25) is 4.79 Å². The highest BCUT2D eigenvalue weighted by molar-refractivity contribution is 9.10. The number of allylic oxidation sites excluding steroid dienone is 4. The van der Waals surface area contributed by atoms with Crippen molar-refractivity contribution in [2.24, 2.45) is 0 Å². The van der Waals surface area contributed by atoms with E-state index in [0.717, 1.165) is 24.2 Å². The number of methoxy groups -OCH3 is 1. The first-order valence-corrected chi connectivity index (χ1v) is 8.32. The maximum absolute atomic E-state index is 12.0. The van der Waals surface area contributed by atoms with E-state index in [1.165, 1.54) is 5.57 Å². The summed E-state index contributed by atoms with van der Waals surface area (Å²) < 4.78 is 5.11. The molecule has 0 aliphatic rings. The SMILES string of the molecule is C/C=C(C)/C=C/CCC(Br)C(=O)NCc1ccc(OC)cc1. The van der Waals surface area contributed by atoms with Crippen LogP contribution in [0.5, 0.6) is 5.75 Å². The van der Waals surface area contributed by atoms with Crippen LogP contribution in [0, 0.1) is 0 Å². The summed E-state index contributed by atoms with van der Waals surface area (Å²) in [5.41, 5.74) is 2.28. The zero-order chi connectivity index (χ0) is 16.4. The molecule has 1 unspecified atom stereocenters. The molecule has 0 saturated heterocycles. The molecule has 0 saturated carbocycles. The highest BCUT2D eigenvalue weighted by Crippen LogP contribution is 2.12. The van der Waals surface area contributed by atoms with Crippen molar-refractivity contribution < 1.29 is 9.53 Å². The van der Waals surface area contributed by atoms with Crippen molar-refractivity contribution in [1.29, 1.82) is 0 Å². The van der Waals surface area contributed by atoms with Crippen LogP contribution >= 0.6 is 15.9 Å². The lowest BCUT2D eigenvalue weighted by Gasteiger charge is -2.10. The Bertz CT molecular complexity index is 520. The predicted molar refractivity (Wildman–Crippen MR) is 95.4 cm³/mol. The van der Waals surface area contributed by atoms with Crippen LogP contribution in [-0.2, 0) is 11.3 Å². The fourth-order valence-corrected chi connectivity index (χ4v) is 2.21. The van der Waals surface area contributed by atoms with Crippen molar-refractivity contribution in [2.45, 2.75) is 38.1 Å². The van der Waals surface area contributed by atoms with Crippen molar-refractivity contribution >= 4 is 21.8 Å². The lowest BCUT2D eigenvalue weighted by molar-refractivity contribution is -0.120. The largest absolute Gasteiger partial charge is 0.497 e. The third-order valence-corrected chi connectivity index (χ3v) is 4.21. The molecule has 0 bridgehead atoms. The van der Waals surface area contributed by atoms with Gasteiger partial charge in [0.25, 0.3) is 0 Å². The maximum Gasteiger partial charge on any atom is 0.234 e. The molecule has 1 amide bonds. The number of halogens is 1. The molecular weight excluding hydrogens is 342 g/mol. The number of ether oxygens (including phenoxy) is 1. The molecule has 22 heavy (non-hydrogen) atoms. The van der Waals surface area contributed by atoms with Crippen LogP contribution in [0.1, 0.15) is 32.3 Å². The first-order chi connectivity index (χ1) is 10.6. The van der Waals surface area contributed by atoms with Gasteiger partial charge >= 0.3 is 0 Å². The molecule has 0 fully saturated rings. The summed E-state index contributed by atoms with van der Waals surface area (Å²) in [4.78, 5) is 11.8. The number of hydrogen-bond donors (Lipinski definition) is 1. The Kier molecular flexibility index (Phi) is 8.60. The summed E-state index contributed by atoms with van der Waals surface area (Å²) in [6, 6.07) is 7.68. The van der Waals surface area contributed by atoms with Crippen LogP contribution in [0.15, 0.2) is 48.1 Å². The lowest BCUT2D eigenvalue weighted by atomic mass is 10.1. The number of hydrogen-bond acceptors (Lipinski definition) is 2. The number of alkyl halides is 1. The minimum absolute atomic E-state index is 0.0203. The van der Waals surface area contributed by atoms with Gasteiger partial charge in [0.2, 0.25) is 5.91 Å². The Balaban J connectivity index is 2.32. The second-order valence-corrected chi connectivity index (χ2v) is 6.15. The highest BCUT2D eigenvalue weighted by Gasteiger charge is 2.13. The van der Waals surface area contributed by atoms with E-state index in [2.05, 4.69) is 46.4 Å². The van der Waals surface area contributed by atoms with E-state index in [9.17, 15) is 4.79 Å². The molecule has 1 atom stereocenters. The zero-order valence-electron chi connectivity index (χ0n) is 13.4. The molecule has 1 N–H and O–H groups in total. The smallest absolute Gasteiger partial charge is 0.234 e. The normalized spacial score (nSPS) is 13.2. The predicted octanol–water partition coefficient (Wildman–Crippen LogP) is 4.38. The van der Waals surface area contributed by atoms with Gasteiger partial charge in [0.1, 0.15) is 5.75 Å². The quantitative estimate of drug-likeness (QED) is 0.548. The summed E-state index contributed by atoms with van der Waals surface area (Å²) in [7, 11) is 1.64. The van der Waals surface area contributed by atoms with Gasteiger partial charge in [-0.1, -0.05) is 51.9 Å². The Hall–Kier alpha value is -1.55. The second-order valence-electron chi connectivity index (χ2n) is 5.05. The third-order valence-electron chi connectivity index (χ3n) is 3.33. The number of rotatable bonds is 8. The first-order valence-electron chi connectivity index (χ1n) is 7.41. The van der Waals surface area contributed by atoms with Crippen molar-refractivity contribution in [3.05, 3.63) is 53.6 Å². The van der Waals surface area contributed by atoms with Crippen molar-refractivity contribution in [1.82, 2.24) is 5.32 Å². The van der Waals surface area contributed by atoms with Gasteiger partial charge in [0, 0.05) is 6.54 Å². The lowest BCUT2D eigenvalue weighted by Crippen LogP contribution is -2.30. The summed E-state index contributed by atoms with van der Waals surface area (Å²) >= 11 is 3.44. The van der Waals surface area contributed by atoms with Crippen LogP contribution in [0.4, 0.5) is 0 Å². The molecule has 0 aliphatic carbocycles. The Morgan fingerprint density at radius 1 is 1.36 bits per heavy atom. The Morgan fingerprint density at radius 3 is 2.64 bits per heavy atom. The molecule has 0 aromatic heterocycles. The van der Waals surface area contributed by atoms with Crippen LogP contribution in [-0.4, -0.2) is 17.8 Å². The first kappa shape index (κ1) is 18.5. The van der Waals surface area contributed by atoms with Crippen LogP contribution in [0.3, 0.4) is 0 Å². The maximum atomic E-state index is 12.0. The van der Waals surface area contributed by atoms with Crippen molar-refractivity contribution in [3.8, 4) is 5.75 Å². The third kappa shape index (κ3) is 6.94. The molecular formula is C18H24BrNO2. The topological polar surface area (TPSA) is 38.3 Å². The number of benzene rings is 1. The fraction of sp³-hybridized carbons (Fsp3) is 0.389. The average molecular weight is 366 g/mol. The second kappa shape index (κ2) is 10.2. The van der Waals surface area contributed by atoms with Crippen LogP contribution < -0.4 is 10.1 Å². The summed E-state index contributed by atoms with van der Waals surface area (Å²) in [6.07, 6.45) is 7.89. The van der Waals surface area contributed by atoms with Crippen molar-refractivity contribution in [2.75, 3.05) is 7.11 Å². The monoisotopic (exact) mass is 365 g/mol. The number of nitrogens with one attached hydrogen (secondary N) is 1. The van der Waals surface area contributed by atoms with E-state index in [0.29, 0.717) is 6.54 Å². The van der Waals surface area contributed by atoms with E-state index in [1.807, 2.05) is 31.2 Å². The minimum atomic E-state index is -0.165. The minimum Gasteiger partial charge on any atom is -0.497 e. The van der Waals surface area contributed by atoms with Gasteiger partial charge in [-0.25, -0.2) is 0 Å². The van der Waals surface area contributed by atoms with E-state index in [-0.39, 0.29) is 10.7 Å². The highest BCUT2D eigenvalue weighted by atomic mass is 79.9. The van der Waals surface area contributed by atoms with Gasteiger partial charge in [0.05, 0.1) is 11.9 Å². The fourth-order valence-electron chi connectivity index (χ4n) is 1.78. The summed E-state index contributed by atoms with van der Waals surface area (Å²) in [5, 5.41) is 2.93. The molecule has 0 aliphatic heterocycles. The summed E-state index contributed by atoms with van der Waals surface area (Å²) in [5.74, 6) is 0.837. The number of carbonyl (C=O) groups excluding carboxylic acids is 1. The van der Waals surface area contributed by atoms with E-state index in [4.69, 9.17) is 4.74 Å². The standard InChI is InChI=1S/C18H24BrNO2/c1-4-14(2)7-5-6-8-17(19)18(21)20-13-15-9-11-16(22-3)12-10-15/h4-5,7,9-12,17H,6,8,13H2,1-3H3,(H,20,21)/b7-5+,14-4+. The number of amides is 1. The molecule has 0 heterocycles. The van der Waals surface area contributed by atoms with E-state index >= 15 is 0 Å². The number of carbonyl (C=O) groups is 1. The van der Waals surface area contributed by atoms with E-state index in [1.54, 1.807) is 7.11 Å². The molecule has 3 nitrogen and oxygen atoms in total. The van der Waals surface area contributed by atoms with Gasteiger partial charge in [-0.2, -0.15) is 0 Å². The molecule has 4 heteroatoms. The van der Waals surface area contributed by atoms with Crippen LogP contribution in [0.2, 0.25) is 0 Å². The molecule has 1 aromatic rings. The van der Waals surface area contributed by atoms with Gasteiger partial charge < -0.3 is 10.1 Å². The molecule has 1 aromatic carbocycles. The van der Waals surface area contributed by atoms with Crippen LogP contribution in [0.25, 0.3) is 0 Å². The molecule has 1 rings (SSSR count). The van der Waals surface area contributed by atoms with E-state index < -0.39 is 0 Å². The van der Waals surface area contributed by atoms with Crippen molar-refractivity contribution in [3.63, 3.8) is 0 Å². The van der Waals surface area contributed by atoms with Gasteiger partial charge in [-0.05, 0) is 44.4 Å². The van der Waals surface area contributed by atoms with Gasteiger partial charge in [0.15, 0.2) is 0 Å². The molecule has 120 valence electrons. The van der Waals surface area contributed by atoms with Gasteiger partial charge in [-0.15, -0.1) is 0 Å².